The van der Waals surface area contributed by atoms with Crippen molar-refractivity contribution in [3.63, 3.8) is 0 Å². The first-order valence-corrected chi connectivity index (χ1v) is 19.5. The fourth-order valence-corrected chi connectivity index (χ4v) is 10.4. The Balaban J connectivity index is 1.15. The third-order valence-corrected chi connectivity index (χ3v) is 12.6. The SMILES string of the molecule is c1ccc(-c2c3c(c(-c4ccccc4)c4ncccc24)-c2cccc4c(-c5cc6c7cccc8c7c(cc6c6ccccc56)-c5ccccc5-8)ccc-3c24)cc1. The summed E-state index contributed by atoms with van der Waals surface area (Å²) in [7, 11) is 0. The number of fused-ring (bicyclic) bond motifs is 11. The van der Waals surface area contributed by atoms with Gasteiger partial charge in [0.2, 0.25) is 0 Å². The van der Waals surface area contributed by atoms with Crippen LogP contribution in [0.1, 0.15) is 0 Å². The van der Waals surface area contributed by atoms with Crippen molar-refractivity contribution in [2.75, 3.05) is 0 Å². The number of rotatable bonds is 3. The molecule has 1 heteroatoms. The quantitative estimate of drug-likeness (QED) is 0.167. The Morgan fingerprint density at radius 3 is 1.57 bits per heavy atom. The third-order valence-electron chi connectivity index (χ3n) is 12.6. The summed E-state index contributed by atoms with van der Waals surface area (Å²) >= 11 is 0. The molecule has 13 rings (SSSR count). The Morgan fingerprint density at radius 1 is 0.250 bits per heavy atom. The van der Waals surface area contributed by atoms with Gasteiger partial charge in [-0.2, -0.15) is 0 Å². The van der Waals surface area contributed by atoms with Gasteiger partial charge in [0.25, 0.3) is 0 Å². The van der Waals surface area contributed by atoms with Crippen LogP contribution in [0.5, 0.6) is 0 Å². The first kappa shape index (κ1) is 30.0. The van der Waals surface area contributed by atoms with Gasteiger partial charge in [-0.1, -0.05) is 164 Å². The first-order chi connectivity index (χ1) is 27.8. The molecule has 1 heterocycles. The highest BCUT2D eigenvalue weighted by Gasteiger charge is 2.32. The molecule has 0 unspecified atom stereocenters. The van der Waals surface area contributed by atoms with E-state index < -0.39 is 0 Å². The maximum Gasteiger partial charge on any atom is 0.0793 e. The van der Waals surface area contributed by atoms with Crippen LogP contribution in [0.25, 0.3) is 132 Å². The molecule has 10 aromatic carbocycles. The molecule has 56 heavy (non-hydrogen) atoms. The first-order valence-electron chi connectivity index (χ1n) is 19.5. The van der Waals surface area contributed by atoms with E-state index in [4.69, 9.17) is 4.98 Å². The van der Waals surface area contributed by atoms with Crippen LogP contribution in [0.3, 0.4) is 0 Å². The standard InChI is InChI=1S/C55H31N/c1-3-14-32(15-4-1)49-44-26-13-29-56-55(44)50(33-16-5-2-6-17-33)54-42-25-12-23-40-38(27-28-43(52(40)42)53(49)54)45-30-47-41-24-11-22-39-34-18-7-10-21-37(34)48(51(39)41)31-46(47)36-20-9-8-19-35(36)45/h1-31H. The molecular weight excluding hydrogens is 675 g/mol. The fraction of sp³-hybridized carbons (Fsp3) is 0. The minimum atomic E-state index is 1.03. The minimum absolute atomic E-state index is 1.03. The summed E-state index contributed by atoms with van der Waals surface area (Å²) in [6, 6.07) is 67.5. The average Bonchev–Trinajstić information content (AvgIpc) is 3.77. The van der Waals surface area contributed by atoms with E-state index in [1.165, 1.54) is 126 Å². The summed E-state index contributed by atoms with van der Waals surface area (Å²) in [5, 5.41) is 11.6. The van der Waals surface area contributed by atoms with Gasteiger partial charge in [-0.15, -0.1) is 0 Å². The Kier molecular flexibility index (Phi) is 5.95. The summed E-state index contributed by atoms with van der Waals surface area (Å²) < 4.78 is 0. The van der Waals surface area contributed by atoms with Crippen LogP contribution < -0.4 is 0 Å². The van der Waals surface area contributed by atoms with E-state index in [1.54, 1.807) is 0 Å². The number of hydrogen-bond donors (Lipinski definition) is 0. The van der Waals surface area contributed by atoms with Crippen LogP contribution in [0.15, 0.2) is 188 Å². The van der Waals surface area contributed by atoms with E-state index in [1.807, 2.05) is 6.20 Å². The zero-order chi connectivity index (χ0) is 36.5. The molecule has 256 valence electrons. The predicted octanol–water partition coefficient (Wildman–Crippen LogP) is 15.1. The molecule has 2 aliphatic carbocycles. The van der Waals surface area contributed by atoms with E-state index in [2.05, 4.69) is 182 Å². The molecule has 0 N–H and O–H groups in total. The smallest absolute Gasteiger partial charge is 0.0793 e. The molecule has 1 aromatic heterocycles. The van der Waals surface area contributed by atoms with Crippen LogP contribution in [0, 0.1) is 0 Å². The highest BCUT2D eigenvalue weighted by molar-refractivity contribution is 6.31. The molecule has 0 atom stereocenters. The van der Waals surface area contributed by atoms with Gasteiger partial charge in [0.05, 0.1) is 5.52 Å². The highest BCUT2D eigenvalue weighted by Crippen LogP contribution is 2.59. The Morgan fingerprint density at radius 2 is 0.768 bits per heavy atom. The largest absolute Gasteiger partial charge is 0.256 e. The maximum atomic E-state index is 5.13. The topological polar surface area (TPSA) is 12.9 Å². The number of aromatic nitrogens is 1. The van der Waals surface area contributed by atoms with Crippen LogP contribution >= 0.6 is 0 Å². The lowest BCUT2D eigenvalue weighted by Crippen LogP contribution is -1.95. The van der Waals surface area contributed by atoms with Crippen molar-refractivity contribution in [3.05, 3.63) is 188 Å². The summed E-state index contributed by atoms with van der Waals surface area (Å²) in [6.07, 6.45) is 1.94. The average molecular weight is 706 g/mol. The van der Waals surface area contributed by atoms with Crippen molar-refractivity contribution in [1.82, 2.24) is 4.98 Å². The second-order valence-corrected chi connectivity index (χ2v) is 15.3. The van der Waals surface area contributed by atoms with Gasteiger partial charge in [-0.05, 0) is 128 Å². The number of hydrogen-bond acceptors (Lipinski definition) is 1. The molecule has 0 fully saturated rings. The minimum Gasteiger partial charge on any atom is -0.256 e. The Hall–Kier alpha value is -7.35. The molecule has 0 bridgehead atoms. The monoisotopic (exact) mass is 705 g/mol. The molecule has 0 amide bonds. The van der Waals surface area contributed by atoms with Crippen molar-refractivity contribution in [2.24, 2.45) is 0 Å². The van der Waals surface area contributed by atoms with Crippen LogP contribution in [0.2, 0.25) is 0 Å². The van der Waals surface area contributed by atoms with Gasteiger partial charge in [-0.3, -0.25) is 4.98 Å². The van der Waals surface area contributed by atoms with Crippen molar-refractivity contribution < 1.29 is 0 Å². The van der Waals surface area contributed by atoms with Gasteiger partial charge < -0.3 is 0 Å². The summed E-state index contributed by atoms with van der Waals surface area (Å²) in [4.78, 5) is 5.13. The summed E-state index contributed by atoms with van der Waals surface area (Å²) in [6.45, 7) is 0. The van der Waals surface area contributed by atoms with E-state index in [0.29, 0.717) is 0 Å². The van der Waals surface area contributed by atoms with Crippen molar-refractivity contribution in [3.8, 4) is 77.9 Å². The lowest BCUT2D eigenvalue weighted by atomic mass is 9.84. The van der Waals surface area contributed by atoms with Crippen LogP contribution in [-0.2, 0) is 0 Å². The van der Waals surface area contributed by atoms with Gasteiger partial charge in [-0.25, -0.2) is 0 Å². The van der Waals surface area contributed by atoms with Crippen LogP contribution in [0.4, 0.5) is 0 Å². The number of nitrogens with zero attached hydrogens (tertiary/aromatic N) is 1. The zero-order valence-corrected chi connectivity index (χ0v) is 30.3. The van der Waals surface area contributed by atoms with Crippen molar-refractivity contribution in [1.29, 1.82) is 0 Å². The summed E-state index contributed by atoms with van der Waals surface area (Å²) in [5.74, 6) is 0. The molecule has 0 aliphatic heterocycles. The molecule has 0 saturated carbocycles. The maximum absolute atomic E-state index is 5.13. The lowest BCUT2D eigenvalue weighted by Gasteiger charge is -2.19. The van der Waals surface area contributed by atoms with Gasteiger partial charge >= 0.3 is 0 Å². The molecule has 1 nitrogen and oxygen atoms in total. The van der Waals surface area contributed by atoms with E-state index in [-0.39, 0.29) is 0 Å². The highest BCUT2D eigenvalue weighted by atomic mass is 14.7. The zero-order valence-electron chi connectivity index (χ0n) is 30.3. The van der Waals surface area contributed by atoms with E-state index in [0.717, 1.165) is 5.52 Å². The third kappa shape index (κ3) is 3.86. The van der Waals surface area contributed by atoms with E-state index >= 15 is 0 Å². The van der Waals surface area contributed by atoms with E-state index in [9.17, 15) is 0 Å². The van der Waals surface area contributed by atoms with Crippen LogP contribution in [-0.4, -0.2) is 4.98 Å². The molecule has 11 aromatic rings. The van der Waals surface area contributed by atoms with Crippen molar-refractivity contribution >= 4 is 54.0 Å². The number of pyridine rings is 1. The molecule has 0 radical (unpaired) electrons. The second kappa shape index (κ2) is 11.1. The molecule has 0 saturated heterocycles. The lowest BCUT2D eigenvalue weighted by molar-refractivity contribution is 1.41. The fourth-order valence-electron chi connectivity index (χ4n) is 10.4. The number of benzene rings is 10. The molecule has 0 spiro atoms. The van der Waals surface area contributed by atoms with Gasteiger partial charge in [0, 0.05) is 22.7 Å². The Labute approximate surface area is 323 Å². The van der Waals surface area contributed by atoms with Gasteiger partial charge in [0.15, 0.2) is 0 Å². The normalized spacial score (nSPS) is 12.3. The van der Waals surface area contributed by atoms with Crippen molar-refractivity contribution in [2.45, 2.75) is 0 Å². The predicted molar refractivity (Wildman–Crippen MR) is 237 cm³/mol. The van der Waals surface area contributed by atoms with Gasteiger partial charge in [0.1, 0.15) is 0 Å². The molecule has 2 aliphatic rings. The Bertz CT molecular complexity index is 3410. The second-order valence-electron chi connectivity index (χ2n) is 15.3. The molecular formula is C55H31N. The summed E-state index contributed by atoms with van der Waals surface area (Å²) in [5.41, 5.74) is 18.8.